The zero-order valence-electron chi connectivity index (χ0n) is 11.1. The summed E-state index contributed by atoms with van der Waals surface area (Å²) < 4.78 is 5.24. The van der Waals surface area contributed by atoms with E-state index in [9.17, 15) is 0 Å². The maximum Gasteiger partial charge on any atom is 0.151 e. The number of nitrogens with zero attached hydrogens (tertiary/aromatic N) is 2. The molecule has 0 bridgehead atoms. The van der Waals surface area contributed by atoms with Gasteiger partial charge in [0.05, 0.1) is 12.2 Å². The van der Waals surface area contributed by atoms with Gasteiger partial charge in [-0.15, -0.1) is 0 Å². The fourth-order valence-corrected chi connectivity index (χ4v) is 2.03. The molecule has 4 nitrogen and oxygen atoms in total. The maximum absolute atomic E-state index is 5.90. The van der Waals surface area contributed by atoms with Gasteiger partial charge in [0, 0.05) is 23.7 Å². The smallest absolute Gasteiger partial charge is 0.151 e. The fraction of sp³-hybridized carbons (Fsp3) is 0.357. The van der Waals surface area contributed by atoms with Crippen LogP contribution in [0.25, 0.3) is 0 Å². The molecule has 19 heavy (non-hydrogen) atoms. The second kappa shape index (κ2) is 6.19. The molecule has 0 aliphatic heterocycles. The molecule has 1 atom stereocenters. The van der Waals surface area contributed by atoms with Crippen molar-refractivity contribution < 1.29 is 4.52 Å². The molecule has 0 fully saturated rings. The van der Waals surface area contributed by atoms with Gasteiger partial charge in [-0.05, 0) is 31.7 Å². The van der Waals surface area contributed by atoms with E-state index in [-0.39, 0.29) is 6.04 Å². The van der Waals surface area contributed by atoms with Crippen LogP contribution in [-0.2, 0) is 13.1 Å². The van der Waals surface area contributed by atoms with E-state index in [2.05, 4.69) is 17.0 Å². The topological polar surface area (TPSA) is 55.3 Å². The van der Waals surface area contributed by atoms with Gasteiger partial charge in [0.2, 0.25) is 0 Å². The summed E-state index contributed by atoms with van der Waals surface area (Å²) in [5, 5.41) is 4.64. The van der Waals surface area contributed by atoms with Crippen LogP contribution in [0.15, 0.2) is 34.9 Å². The Hall–Kier alpha value is -1.36. The van der Waals surface area contributed by atoms with Crippen molar-refractivity contribution in [3.8, 4) is 0 Å². The van der Waals surface area contributed by atoms with Gasteiger partial charge in [-0.1, -0.05) is 28.9 Å². The largest absolute Gasteiger partial charge is 0.360 e. The monoisotopic (exact) mass is 279 g/mol. The third kappa shape index (κ3) is 3.56. The molecular weight excluding hydrogens is 262 g/mol. The molecule has 2 N–H and O–H groups in total. The number of hydrogen-bond donors (Lipinski definition) is 1. The highest BCUT2D eigenvalue weighted by Crippen LogP contribution is 2.22. The first-order valence-corrected chi connectivity index (χ1v) is 6.58. The van der Waals surface area contributed by atoms with Crippen LogP contribution in [0.1, 0.15) is 30.0 Å². The number of rotatable bonds is 5. The third-order valence-electron chi connectivity index (χ3n) is 3.24. The predicted octanol–water partition coefficient (Wildman–Crippen LogP) is 2.98. The van der Waals surface area contributed by atoms with Gasteiger partial charge in [-0.3, -0.25) is 4.90 Å². The van der Waals surface area contributed by atoms with Gasteiger partial charge >= 0.3 is 0 Å². The van der Waals surface area contributed by atoms with E-state index >= 15 is 0 Å². The Labute approximate surface area is 118 Å². The van der Waals surface area contributed by atoms with Crippen molar-refractivity contribution in [3.63, 3.8) is 0 Å². The third-order valence-corrected chi connectivity index (χ3v) is 3.49. The first-order valence-electron chi connectivity index (χ1n) is 6.20. The van der Waals surface area contributed by atoms with Crippen molar-refractivity contribution in [3.05, 3.63) is 52.4 Å². The summed E-state index contributed by atoms with van der Waals surface area (Å²) in [5.74, 6) is 0.823. The summed E-state index contributed by atoms with van der Waals surface area (Å²) in [6.45, 7) is 3.24. The Balaban J connectivity index is 2.02. The van der Waals surface area contributed by atoms with Gasteiger partial charge < -0.3 is 10.3 Å². The summed E-state index contributed by atoms with van der Waals surface area (Å²) in [6, 6.07) is 10.0. The second-order valence-electron chi connectivity index (χ2n) is 4.63. The summed E-state index contributed by atoms with van der Waals surface area (Å²) in [4.78, 5) is 2.18. The highest BCUT2D eigenvalue weighted by atomic mass is 35.5. The van der Waals surface area contributed by atoms with Crippen molar-refractivity contribution in [1.29, 1.82) is 0 Å². The van der Waals surface area contributed by atoms with Gasteiger partial charge in [-0.25, -0.2) is 0 Å². The molecule has 0 saturated carbocycles. The predicted molar refractivity (Wildman–Crippen MR) is 75.7 cm³/mol. The Morgan fingerprint density at radius 3 is 2.63 bits per heavy atom. The quantitative estimate of drug-likeness (QED) is 0.914. The molecule has 0 saturated heterocycles. The first-order chi connectivity index (χ1) is 9.10. The molecule has 0 aliphatic rings. The minimum atomic E-state index is 0.267. The normalized spacial score (nSPS) is 12.9. The Morgan fingerprint density at radius 1 is 1.37 bits per heavy atom. The zero-order chi connectivity index (χ0) is 13.8. The van der Waals surface area contributed by atoms with Crippen LogP contribution in [0, 0.1) is 0 Å². The zero-order valence-corrected chi connectivity index (χ0v) is 11.9. The second-order valence-corrected chi connectivity index (χ2v) is 5.07. The van der Waals surface area contributed by atoms with E-state index in [1.54, 1.807) is 0 Å². The molecular formula is C14H18ClN3O. The molecule has 1 unspecified atom stereocenters. The lowest BCUT2D eigenvalue weighted by atomic mass is 10.1. The number of halogens is 1. The molecule has 2 rings (SSSR count). The van der Waals surface area contributed by atoms with Gasteiger partial charge in [-0.2, -0.15) is 0 Å². The number of aromatic nitrogens is 1. The van der Waals surface area contributed by atoms with Crippen molar-refractivity contribution in [2.75, 3.05) is 7.05 Å². The van der Waals surface area contributed by atoms with Crippen LogP contribution in [-0.4, -0.2) is 17.1 Å². The standard InChI is InChI=1S/C14H18ClN3O/c1-10(11-3-5-12(15)6-4-11)18(2)9-14-7-13(8-16)17-19-14/h3-7,10H,8-9,16H2,1-2H3. The minimum Gasteiger partial charge on any atom is -0.360 e. The number of hydrogen-bond acceptors (Lipinski definition) is 4. The van der Waals surface area contributed by atoms with Crippen molar-refractivity contribution in [2.45, 2.75) is 26.1 Å². The van der Waals surface area contributed by atoms with E-state index in [1.165, 1.54) is 5.56 Å². The molecule has 1 heterocycles. The Kier molecular flexibility index (Phi) is 4.58. The lowest BCUT2D eigenvalue weighted by Crippen LogP contribution is -2.21. The molecule has 2 aromatic rings. The summed E-state index contributed by atoms with van der Waals surface area (Å²) in [7, 11) is 2.05. The molecule has 0 aliphatic carbocycles. The van der Waals surface area contributed by atoms with Crippen LogP contribution in [0.4, 0.5) is 0 Å². The van der Waals surface area contributed by atoms with Crippen LogP contribution in [0.2, 0.25) is 5.02 Å². The Morgan fingerprint density at radius 2 is 2.05 bits per heavy atom. The molecule has 5 heteroatoms. The highest BCUT2D eigenvalue weighted by molar-refractivity contribution is 6.30. The lowest BCUT2D eigenvalue weighted by molar-refractivity contribution is 0.220. The molecule has 1 aromatic carbocycles. The lowest BCUT2D eigenvalue weighted by Gasteiger charge is -2.23. The van der Waals surface area contributed by atoms with E-state index in [1.807, 2.05) is 37.4 Å². The van der Waals surface area contributed by atoms with E-state index in [4.69, 9.17) is 21.9 Å². The first kappa shape index (κ1) is 14.1. The average Bonchev–Trinajstić information content (AvgIpc) is 2.86. The minimum absolute atomic E-state index is 0.267. The molecule has 102 valence electrons. The Bertz CT molecular complexity index is 524. The van der Waals surface area contributed by atoms with Crippen LogP contribution in [0.5, 0.6) is 0 Å². The number of nitrogens with two attached hydrogens (primary N) is 1. The van der Waals surface area contributed by atoms with Crippen LogP contribution < -0.4 is 5.73 Å². The summed E-state index contributed by atoms with van der Waals surface area (Å²) >= 11 is 5.90. The maximum atomic E-state index is 5.90. The molecule has 0 amide bonds. The van der Waals surface area contributed by atoms with E-state index < -0.39 is 0 Å². The van der Waals surface area contributed by atoms with Crippen molar-refractivity contribution >= 4 is 11.6 Å². The van der Waals surface area contributed by atoms with Gasteiger partial charge in [0.1, 0.15) is 0 Å². The van der Waals surface area contributed by atoms with Crippen molar-refractivity contribution in [2.24, 2.45) is 5.73 Å². The number of benzene rings is 1. The van der Waals surface area contributed by atoms with Crippen LogP contribution in [0.3, 0.4) is 0 Å². The highest BCUT2D eigenvalue weighted by Gasteiger charge is 2.14. The summed E-state index contributed by atoms with van der Waals surface area (Å²) in [5.41, 5.74) is 7.50. The van der Waals surface area contributed by atoms with Gasteiger partial charge in [0.25, 0.3) is 0 Å². The molecule has 0 radical (unpaired) electrons. The molecule has 1 aromatic heterocycles. The van der Waals surface area contributed by atoms with Crippen LogP contribution >= 0.6 is 11.6 Å². The van der Waals surface area contributed by atoms with Gasteiger partial charge in [0.15, 0.2) is 5.76 Å². The van der Waals surface area contributed by atoms with E-state index in [0.29, 0.717) is 13.1 Å². The average molecular weight is 280 g/mol. The SMILES string of the molecule is CC(c1ccc(Cl)cc1)N(C)Cc1cc(CN)no1. The summed E-state index contributed by atoms with van der Waals surface area (Å²) in [6.07, 6.45) is 0. The van der Waals surface area contributed by atoms with E-state index in [0.717, 1.165) is 16.5 Å². The molecule has 0 spiro atoms. The fourth-order valence-electron chi connectivity index (χ4n) is 1.91. The van der Waals surface area contributed by atoms with Crippen molar-refractivity contribution in [1.82, 2.24) is 10.1 Å².